The molecule has 0 aliphatic heterocycles. The number of halogens is 4. The third kappa shape index (κ3) is 3.50. The molecule has 3 aromatic heterocycles. The van der Waals surface area contributed by atoms with Crippen molar-refractivity contribution in [3.63, 3.8) is 0 Å². The van der Waals surface area contributed by atoms with Crippen LogP contribution in [0.25, 0.3) is 27.3 Å². The minimum absolute atomic E-state index is 0.222. The quantitative estimate of drug-likeness (QED) is 0.453. The summed E-state index contributed by atoms with van der Waals surface area (Å²) in [5.74, 6) is -3.73. The van der Waals surface area contributed by atoms with E-state index in [4.69, 9.17) is 4.74 Å². The van der Waals surface area contributed by atoms with Crippen LogP contribution in [0, 0.1) is 0 Å². The van der Waals surface area contributed by atoms with Gasteiger partial charge in [0.2, 0.25) is 0 Å². The van der Waals surface area contributed by atoms with Gasteiger partial charge >= 0.3 is 12.3 Å². The molecule has 0 bridgehead atoms. The van der Waals surface area contributed by atoms with E-state index in [0.29, 0.717) is 22.6 Å². The minimum Gasteiger partial charge on any atom is -0.370 e. The zero-order chi connectivity index (χ0) is 19.0. The number of thiophene rings is 1. The molecule has 0 atom stereocenters. The molecule has 0 aliphatic rings. The lowest BCUT2D eigenvalue weighted by molar-refractivity contribution is -0.168. The molecule has 0 amide bonds. The van der Waals surface area contributed by atoms with Crippen LogP contribution in [0.3, 0.4) is 0 Å². The van der Waals surface area contributed by atoms with Crippen molar-refractivity contribution in [2.45, 2.75) is 19.0 Å². The van der Waals surface area contributed by atoms with Gasteiger partial charge in [0.05, 0.1) is 12.0 Å². The molecule has 4 aromatic rings. The molecule has 5 nitrogen and oxygen atoms in total. The van der Waals surface area contributed by atoms with Crippen molar-refractivity contribution in [1.82, 2.24) is 19.6 Å². The lowest BCUT2D eigenvalue weighted by Crippen LogP contribution is -2.32. The normalized spacial score (nSPS) is 12.5. The fourth-order valence-corrected chi connectivity index (χ4v) is 3.28. The van der Waals surface area contributed by atoms with Gasteiger partial charge in [0, 0.05) is 5.56 Å². The van der Waals surface area contributed by atoms with Gasteiger partial charge < -0.3 is 4.74 Å². The van der Waals surface area contributed by atoms with Crippen LogP contribution in [0.4, 0.5) is 17.6 Å². The minimum atomic E-state index is -4.17. The van der Waals surface area contributed by atoms with E-state index in [2.05, 4.69) is 15.1 Å². The Hall–Kier alpha value is -2.59. The second-order valence-electron chi connectivity index (χ2n) is 5.84. The predicted octanol–water partition coefficient (Wildman–Crippen LogP) is 4.42. The van der Waals surface area contributed by atoms with Gasteiger partial charge in [-0.2, -0.15) is 8.78 Å². The zero-order valence-corrected chi connectivity index (χ0v) is 14.5. The summed E-state index contributed by atoms with van der Waals surface area (Å²) in [5, 5.41) is 7.18. The maximum atomic E-state index is 12.9. The Bertz CT molecular complexity index is 1090. The summed E-state index contributed by atoms with van der Waals surface area (Å²) >= 11 is 1.50. The van der Waals surface area contributed by atoms with Crippen LogP contribution >= 0.6 is 11.3 Å². The third-order valence-corrected chi connectivity index (χ3v) is 4.69. The maximum Gasteiger partial charge on any atom is 0.330 e. The monoisotopic (exact) mass is 396 g/mol. The van der Waals surface area contributed by atoms with Crippen LogP contribution in [0.5, 0.6) is 0 Å². The third-order valence-electron chi connectivity index (χ3n) is 3.87. The molecule has 3 heterocycles. The zero-order valence-electron chi connectivity index (χ0n) is 13.7. The van der Waals surface area contributed by atoms with Crippen LogP contribution < -0.4 is 0 Å². The Labute approximate surface area is 154 Å². The number of aromatic nitrogens is 4. The molecule has 10 heteroatoms. The highest BCUT2D eigenvalue weighted by molar-refractivity contribution is 7.16. The number of rotatable bonds is 6. The number of hydrogen-bond acceptors (Lipinski definition) is 5. The number of nitrogens with zero attached hydrogens (tertiary/aromatic N) is 4. The Kier molecular flexibility index (Phi) is 4.52. The topological polar surface area (TPSA) is 52.3 Å². The molecule has 1 aromatic carbocycles. The summed E-state index contributed by atoms with van der Waals surface area (Å²) < 4.78 is 56.5. The molecule has 0 spiro atoms. The van der Waals surface area contributed by atoms with Crippen molar-refractivity contribution in [1.29, 1.82) is 0 Å². The molecule has 0 unspecified atom stereocenters. The van der Waals surface area contributed by atoms with Crippen LogP contribution in [0.15, 0.2) is 42.0 Å². The van der Waals surface area contributed by atoms with Gasteiger partial charge in [-0.3, -0.25) is 0 Å². The highest BCUT2D eigenvalue weighted by Crippen LogP contribution is 2.26. The highest BCUT2D eigenvalue weighted by atomic mass is 32.1. The molecule has 0 saturated carbocycles. The highest BCUT2D eigenvalue weighted by Gasteiger charge is 2.40. The standard InChI is InChI=1S/C17H12F4N4OS/c18-16(19)17(20,21)8-26-7-10-2-1-3-11(6-10)13-23-14-12-4-5-27-15(12)22-9-25(14)24-13/h1-6,9,16H,7-8H2. The first-order valence-electron chi connectivity index (χ1n) is 7.86. The Balaban J connectivity index is 1.56. The van der Waals surface area contributed by atoms with Crippen molar-refractivity contribution >= 4 is 27.2 Å². The van der Waals surface area contributed by atoms with Crippen molar-refractivity contribution in [3.05, 3.63) is 47.6 Å². The van der Waals surface area contributed by atoms with Crippen LogP contribution in [0.2, 0.25) is 0 Å². The fourth-order valence-electron chi connectivity index (χ4n) is 2.56. The molecular weight excluding hydrogens is 384 g/mol. The summed E-state index contributed by atoms with van der Waals surface area (Å²) in [6.45, 7) is -1.57. The van der Waals surface area contributed by atoms with Crippen LogP contribution in [-0.4, -0.2) is 38.5 Å². The molecule has 140 valence electrons. The lowest BCUT2D eigenvalue weighted by atomic mass is 10.1. The first kappa shape index (κ1) is 17.8. The van der Waals surface area contributed by atoms with Crippen LogP contribution in [-0.2, 0) is 11.3 Å². The summed E-state index contributed by atoms with van der Waals surface area (Å²) in [5.41, 5.74) is 1.87. The molecular formula is C17H12F4N4OS. The van der Waals surface area contributed by atoms with Gasteiger partial charge in [0.25, 0.3) is 0 Å². The molecule has 0 radical (unpaired) electrons. The van der Waals surface area contributed by atoms with Gasteiger partial charge in [0.1, 0.15) is 17.8 Å². The average Bonchev–Trinajstić information content (AvgIpc) is 3.27. The van der Waals surface area contributed by atoms with Gasteiger partial charge in [-0.25, -0.2) is 23.3 Å². The van der Waals surface area contributed by atoms with Gasteiger partial charge in [0.15, 0.2) is 11.5 Å². The van der Waals surface area contributed by atoms with E-state index in [-0.39, 0.29) is 6.61 Å². The van der Waals surface area contributed by atoms with E-state index in [9.17, 15) is 17.6 Å². The maximum absolute atomic E-state index is 12.9. The van der Waals surface area contributed by atoms with E-state index in [1.165, 1.54) is 11.3 Å². The number of alkyl halides is 4. The molecule has 4 rings (SSSR count). The Morgan fingerprint density at radius 3 is 2.89 bits per heavy atom. The first-order valence-corrected chi connectivity index (χ1v) is 8.73. The Morgan fingerprint density at radius 1 is 1.22 bits per heavy atom. The van der Waals surface area contributed by atoms with Crippen molar-refractivity contribution in [2.75, 3.05) is 6.61 Å². The second kappa shape index (κ2) is 6.86. The average molecular weight is 396 g/mol. The summed E-state index contributed by atoms with van der Waals surface area (Å²) in [7, 11) is 0. The van der Waals surface area contributed by atoms with Crippen LogP contribution in [0.1, 0.15) is 5.56 Å². The summed E-state index contributed by atoms with van der Waals surface area (Å²) in [6, 6.07) is 8.70. The largest absolute Gasteiger partial charge is 0.370 e. The predicted molar refractivity (Wildman–Crippen MR) is 92.2 cm³/mol. The number of fused-ring (bicyclic) bond motifs is 3. The van der Waals surface area contributed by atoms with E-state index >= 15 is 0 Å². The van der Waals surface area contributed by atoms with E-state index < -0.39 is 19.0 Å². The summed E-state index contributed by atoms with van der Waals surface area (Å²) in [6.07, 6.45) is -2.18. The first-order chi connectivity index (χ1) is 12.9. The van der Waals surface area contributed by atoms with E-state index in [0.717, 1.165) is 10.2 Å². The molecule has 0 saturated heterocycles. The number of benzene rings is 1. The van der Waals surface area contributed by atoms with E-state index in [1.54, 1.807) is 35.1 Å². The van der Waals surface area contributed by atoms with Gasteiger partial charge in [-0.05, 0) is 23.1 Å². The fraction of sp³-hybridized carbons (Fsp3) is 0.235. The van der Waals surface area contributed by atoms with Crippen molar-refractivity contribution < 1.29 is 22.3 Å². The smallest absolute Gasteiger partial charge is 0.330 e. The second-order valence-corrected chi connectivity index (χ2v) is 6.74. The van der Waals surface area contributed by atoms with Crippen molar-refractivity contribution in [2.24, 2.45) is 0 Å². The lowest BCUT2D eigenvalue weighted by Gasteiger charge is -2.15. The Morgan fingerprint density at radius 2 is 2.07 bits per heavy atom. The van der Waals surface area contributed by atoms with Gasteiger partial charge in [-0.15, -0.1) is 16.4 Å². The summed E-state index contributed by atoms with van der Waals surface area (Å²) in [4.78, 5) is 9.67. The van der Waals surface area contributed by atoms with Gasteiger partial charge in [-0.1, -0.05) is 18.2 Å². The molecule has 0 N–H and O–H groups in total. The SMILES string of the molecule is FC(F)C(F)(F)COCc1cccc(-c2nc3c4ccsc4ncn3n2)c1. The molecule has 0 aliphatic carbocycles. The van der Waals surface area contributed by atoms with Crippen molar-refractivity contribution in [3.8, 4) is 11.4 Å². The van der Waals surface area contributed by atoms with E-state index in [1.807, 2.05) is 11.4 Å². The molecule has 0 fully saturated rings. The number of hydrogen-bond donors (Lipinski definition) is 0. The number of ether oxygens (including phenoxy) is 1. The molecule has 27 heavy (non-hydrogen) atoms.